The Balaban J connectivity index is 1.26. The van der Waals surface area contributed by atoms with Gasteiger partial charge in [-0.1, -0.05) is 6.92 Å². The first kappa shape index (κ1) is 21.0. The zero-order valence-electron chi connectivity index (χ0n) is 18.7. The highest BCUT2D eigenvalue weighted by molar-refractivity contribution is 5.91. The molecule has 7 aliphatic rings. The summed E-state index contributed by atoms with van der Waals surface area (Å²) in [6.07, 6.45) is 6.51. The van der Waals surface area contributed by atoms with Gasteiger partial charge in [0, 0.05) is 31.1 Å². The number of fused-ring (bicyclic) bond motifs is 1. The van der Waals surface area contributed by atoms with E-state index in [0.717, 1.165) is 43.9 Å². The second-order valence-corrected chi connectivity index (χ2v) is 11.7. The maximum absolute atomic E-state index is 13.7. The van der Waals surface area contributed by atoms with Crippen LogP contribution in [0.15, 0.2) is 0 Å². The van der Waals surface area contributed by atoms with Crippen LogP contribution in [0.5, 0.6) is 0 Å². The van der Waals surface area contributed by atoms with Crippen molar-refractivity contribution in [3.8, 4) is 0 Å². The monoisotopic (exact) mass is 450 g/mol. The van der Waals surface area contributed by atoms with Crippen LogP contribution in [0.1, 0.15) is 65.2 Å². The van der Waals surface area contributed by atoms with Crippen molar-refractivity contribution in [2.45, 2.75) is 82.8 Å². The van der Waals surface area contributed by atoms with E-state index >= 15 is 0 Å². The fourth-order valence-corrected chi connectivity index (χ4v) is 9.33. The van der Waals surface area contributed by atoms with Crippen LogP contribution < -0.4 is 0 Å². The maximum Gasteiger partial charge on any atom is 0.376 e. The molecule has 6 bridgehead atoms. The number of carbonyl (C=O) groups is 3. The third-order valence-electron chi connectivity index (χ3n) is 10.3. The minimum absolute atomic E-state index is 0.00175. The molecule has 0 N–H and O–H groups in total. The van der Waals surface area contributed by atoms with Gasteiger partial charge < -0.3 is 9.47 Å². The predicted octanol–water partition coefficient (Wildman–Crippen LogP) is 4.17. The third-order valence-corrected chi connectivity index (χ3v) is 10.3. The van der Waals surface area contributed by atoms with Crippen LogP contribution in [0, 0.1) is 53.3 Å². The van der Waals surface area contributed by atoms with E-state index in [1.165, 1.54) is 6.42 Å². The summed E-state index contributed by atoms with van der Waals surface area (Å²) in [5.41, 5.74) is -0.462. The summed E-state index contributed by atoms with van der Waals surface area (Å²) < 4.78 is 38.7. The van der Waals surface area contributed by atoms with Crippen molar-refractivity contribution in [2.75, 3.05) is 0 Å². The minimum Gasteiger partial charge on any atom is -0.458 e. The second-order valence-electron chi connectivity index (χ2n) is 11.7. The van der Waals surface area contributed by atoms with E-state index in [1.54, 1.807) is 0 Å². The number of rotatable bonds is 5. The van der Waals surface area contributed by atoms with Gasteiger partial charge >= 0.3 is 17.9 Å². The lowest BCUT2D eigenvalue weighted by Gasteiger charge is -2.60. The summed E-state index contributed by atoms with van der Waals surface area (Å²) in [4.78, 5) is 38.5. The van der Waals surface area contributed by atoms with Gasteiger partial charge in [0.2, 0.25) is 0 Å². The molecule has 6 unspecified atom stereocenters. The van der Waals surface area contributed by atoms with Crippen LogP contribution >= 0.6 is 0 Å². The smallest absolute Gasteiger partial charge is 0.376 e. The fraction of sp³-hybridized carbons (Fsp3) is 0.880. The van der Waals surface area contributed by atoms with Gasteiger partial charge in [-0.3, -0.25) is 9.59 Å². The Morgan fingerprint density at radius 2 is 1.62 bits per heavy atom. The van der Waals surface area contributed by atoms with Gasteiger partial charge in [-0.05, 0) is 74.5 Å². The molecule has 7 aliphatic carbocycles. The number of esters is 2. The first-order chi connectivity index (χ1) is 15.1. The summed E-state index contributed by atoms with van der Waals surface area (Å²) in [6.45, 7) is 2.62. The molecular formula is C25H32F2O5. The van der Waals surface area contributed by atoms with Gasteiger partial charge in [0.25, 0.3) is 0 Å². The molecule has 7 fully saturated rings. The molecule has 0 aromatic heterocycles. The largest absolute Gasteiger partial charge is 0.458 e. The number of alkyl halides is 2. The Kier molecular flexibility index (Phi) is 4.44. The number of hydrogen-bond acceptors (Lipinski definition) is 5. The lowest BCUT2D eigenvalue weighted by molar-refractivity contribution is -0.219. The molecule has 0 aromatic carbocycles. The third kappa shape index (κ3) is 2.74. The van der Waals surface area contributed by atoms with Crippen LogP contribution in [0.25, 0.3) is 0 Å². The van der Waals surface area contributed by atoms with Crippen molar-refractivity contribution in [3.05, 3.63) is 0 Å². The fourth-order valence-electron chi connectivity index (χ4n) is 9.33. The molecule has 0 aliphatic heterocycles. The summed E-state index contributed by atoms with van der Waals surface area (Å²) in [7, 11) is 0. The minimum atomic E-state index is -3.59. The first-order valence-corrected chi connectivity index (χ1v) is 12.5. The molecule has 0 amide bonds. The maximum atomic E-state index is 13.7. The molecule has 0 aromatic rings. The SMILES string of the molecule is CCC1(OC(=O)C2C3CC4C(CC(=O)C42)C3OC(=O)C(C)(F)F)C2CC3CC(C2)CC1C3. The highest BCUT2D eigenvalue weighted by Gasteiger charge is 2.69. The van der Waals surface area contributed by atoms with Gasteiger partial charge in [0.1, 0.15) is 17.5 Å². The Morgan fingerprint density at radius 1 is 1.00 bits per heavy atom. The highest BCUT2D eigenvalue weighted by Crippen LogP contribution is 2.64. The predicted molar refractivity (Wildman–Crippen MR) is 108 cm³/mol. The second kappa shape index (κ2) is 6.75. The Hall–Kier alpha value is -1.53. The van der Waals surface area contributed by atoms with E-state index in [9.17, 15) is 23.2 Å². The van der Waals surface area contributed by atoms with Crippen LogP contribution in [0.2, 0.25) is 0 Å². The van der Waals surface area contributed by atoms with Crippen molar-refractivity contribution >= 4 is 17.7 Å². The number of ketones is 1. The van der Waals surface area contributed by atoms with Gasteiger partial charge in [0.05, 0.1) is 5.92 Å². The number of Topliss-reactive ketones (excluding diaryl/α,β-unsaturated/α-hetero) is 1. The van der Waals surface area contributed by atoms with E-state index in [1.807, 2.05) is 0 Å². The number of carbonyl (C=O) groups excluding carboxylic acids is 3. The van der Waals surface area contributed by atoms with Gasteiger partial charge in [0.15, 0.2) is 0 Å². The average molecular weight is 451 g/mol. The van der Waals surface area contributed by atoms with Crippen LogP contribution in [0.3, 0.4) is 0 Å². The van der Waals surface area contributed by atoms with E-state index in [0.29, 0.717) is 25.2 Å². The van der Waals surface area contributed by atoms with Gasteiger partial charge in [-0.2, -0.15) is 8.78 Å². The zero-order valence-corrected chi connectivity index (χ0v) is 18.7. The molecule has 7 heteroatoms. The van der Waals surface area contributed by atoms with Crippen LogP contribution in [-0.4, -0.2) is 35.3 Å². The quantitative estimate of drug-likeness (QED) is 0.588. The average Bonchev–Trinajstić information content (AvgIpc) is 3.33. The van der Waals surface area contributed by atoms with E-state index in [2.05, 4.69) is 6.92 Å². The Labute approximate surface area is 187 Å². The van der Waals surface area contributed by atoms with Crippen molar-refractivity contribution in [3.63, 3.8) is 0 Å². The molecular weight excluding hydrogens is 418 g/mol. The molecule has 32 heavy (non-hydrogen) atoms. The number of halogens is 2. The van der Waals surface area contributed by atoms with Crippen molar-refractivity contribution in [1.82, 2.24) is 0 Å². The highest BCUT2D eigenvalue weighted by atomic mass is 19.3. The zero-order chi connectivity index (χ0) is 22.6. The molecule has 6 atom stereocenters. The lowest BCUT2D eigenvalue weighted by Crippen LogP contribution is -2.60. The molecule has 0 spiro atoms. The van der Waals surface area contributed by atoms with E-state index in [4.69, 9.17) is 9.47 Å². The molecule has 0 radical (unpaired) electrons. The van der Waals surface area contributed by atoms with Crippen molar-refractivity contribution < 1.29 is 32.6 Å². The summed E-state index contributed by atoms with van der Waals surface area (Å²) >= 11 is 0. The molecule has 7 saturated carbocycles. The normalized spacial score (nSPS) is 50.2. The van der Waals surface area contributed by atoms with Gasteiger partial charge in [-0.25, -0.2) is 4.79 Å². The lowest BCUT2D eigenvalue weighted by atomic mass is 9.49. The molecule has 0 heterocycles. The molecule has 7 rings (SSSR count). The van der Waals surface area contributed by atoms with Gasteiger partial charge in [-0.15, -0.1) is 0 Å². The summed E-state index contributed by atoms with van der Waals surface area (Å²) in [6, 6.07) is 0. The first-order valence-electron chi connectivity index (χ1n) is 12.5. The van der Waals surface area contributed by atoms with E-state index in [-0.39, 0.29) is 30.0 Å². The Bertz CT molecular complexity index is 835. The molecule has 5 nitrogen and oxygen atoms in total. The topological polar surface area (TPSA) is 69.7 Å². The summed E-state index contributed by atoms with van der Waals surface area (Å²) in [5.74, 6) is -5.03. The van der Waals surface area contributed by atoms with Crippen molar-refractivity contribution in [1.29, 1.82) is 0 Å². The molecule has 176 valence electrons. The Morgan fingerprint density at radius 3 is 2.19 bits per heavy atom. The number of ether oxygens (including phenoxy) is 2. The van der Waals surface area contributed by atoms with Crippen LogP contribution in [0.4, 0.5) is 8.78 Å². The molecule has 0 saturated heterocycles. The van der Waals surface area contributed by atoms with Crippen LogP contribution in [-0.2, 0) is 23.9 Å². The van der Waals surface area contributed by atoms with Crippen molar-refractivity contribution in [2.24, 2.45) is 53.3 Å². The number of hydrogen-bond donors (Lipinski definition) is 0. The van der Waals surface area contributed by atoms with E-state index < -0.39 is 41.4 Å². The summed E-state index contributed by atoms with van der Waals surface area (Å²) in [5, 5.41) is 0. The standard InChI is InChI=1S/C25H32F2O5/c1-3-25(13-5-11-4-12(7-13)8-14(25)6-11)32-22(29)20-17-9-15-16(10-18(28)19(15)20)21(17)31-23(30)24(2,26)27/h11-17,19-21H,3-10H2,1-2H3.